The van der Waals surface area contributed by atoms with Gasteiger partial charge in [-0.05, 0) is 87.9 Å². The van der Waals surface area contributed by atoms with Gasteiger partial charge in [0, 0.05) is 41.5 Å². The molecule has 0 bridgehead atoms. The van der Waals surface area contributed by atoms with Gasteiger partial charge in [0.05, 0.1) is 21.5 Å². The fourth-order valence-electron chi connectivity index (χ4n) is 5.75. The number of aryl methyl sites for hydroxylation is 3. The smallest absolute Gasteiger partial charge is 0.310 e. The maximum atomic E-state index is 12.6. The van der Waals surface area contributed by atoms with Crippen molar-refractivity contribution >= 4 is 39.1 Å². The maximum absolute atomic E-state index is 12.6. The molecule has 4 heterocycles. The summed E-state index contributed by atoms with van der Waals surface area (Å²) in [5, 5.41) is 19.0. The van der Waals surface area contributed by atoms with Crippen LogP contribution in [0.3, 0.4) is 0 Å². The lowest BCUT2D eigenvalue weighted by Crippen LogP contribution is -2.32. The average Bonchev–Trinajstić information content (AvgIpc) is 3.46. The quantitative estimate of drug-likeness (QED) is 0.226. The van der Waals surface area contributed by atoms with Crippen LogP contribution in [0, 0.1) is 25.2 Å². The number of aliphatic carboxylic acids is 1. The fourth-order valence-corrected chi connectivity index (χ4v) is 8.87. The van der Waals surface area contributed by atoms with Crippen molar-refractivity contribution < 1.29 is 19.0 Å². The number of carboxylic acid groups (broad SMARTS) is 1. The lowest BCUT2D eigenvalue weighted by Gasteiger charge is -2.42. The minimum absolute atomic E-state index is 0.186. The molecule has 1 aromatic carbocycles. The van der Waals surface area contributed by atoms with E-state index in [9.17, 15) is 19.0 Å². The van der Waals surface area contributed by atoms with Gasteiger partial charge in [-0.1, -0.05) is 18.2 Å². The molecule has 40 heavy (non-hydrogen) atoms. The summed E-state index contributed by atoms with van der Waals surface area (Å²) in [6, 6.07) is 9.54. The minimum atomic E-state index is -3.24. The molecule has 214 valence electrons. The molecule has 3 N–H and O–H groups in total. The molecule has 9 nitrogen and oxygen atoms in total. The molecule has 1 aliphatic rings. The SMILES string of the molecule is CCn1nnc2c(C)c(C(c3cc(CN4CC(C)Cc5ncccc5S4(O)O)c(C)s3)C(C)(C)C(=O)O)ccc21. The highest BCUT2D eigenvalue weighted by Gasteiger charge is 2.41. The molecule has 5 rings (SSSR count). The summed E-state index contributed by atoms with van der Waals surface area (Å²) >= 11 is 1.57. The summed E-state index contributed by atoms with van der Waals surface area (Å²) in [4.78, 5) is 19.5. The number of aromatic nitrogens is 4. The van der Waals surface area contributed by atoms with E-state index in [4.69, 9.17) is 0 Å². The summed E-state index contributed by atoms with van der Waals surface area (Å²) in [6.07, 6.45) is 2.37. The van der Waals surface area contributed by atoms with Crippen LogP contribution in [-0.4, -0.2) is 51.0 Å². The number of benzene rings is 1. The zero-order valence-electron chi connectivity index (χ0n) is 23.7. The number of carbonyl (C=O) groups is 1. The summed E-state index contributed by atoms with van der Waals surface area (Å²) < 4.78 is 26.5. The number of carboxylic acids is 1. The molecule has 2 unspecified atom stereocenters. The molecule has 1 aliphatic heterocycles. The van der Waals surface area contributed by atoms with Gasteiger partial charge in [0.1, 0.15) is 5.52 Å². The molecule has 0 amide bonds. The Labute approximate surface area is 240 Å². The van der Waals surface area contributed by atoms with E-state index in [1.165, 1.54) is 0 Å². The van der Waals surface area contributed by atoms with Crippen molar-refractivity contribution in [2.45, 2.75) is 71.9 Å². The van der Waals surface area contributed by atoms with E-state index in [0.717, 1.165) is 43.2 Å². The lowest BCUT2D eigenvalue weighted by atomic mass is 9.72. The van der Waals surface area contributed by atoms with Gasteiger partial charge in [-0.25, -0.2) is 4.68 Å². The van der Waals surface area contributed by atoms with Crippen molar-refractivity contribution in [3.8, 4) is 0 Å². The third-order valence-corrected chi connectivity index (χ3v) is 11.2. The monoisotopic (exact) mass is 583 g/mol. The molecule has 0 radical (unpaired) electrons. The topological polar surface area (TPSA) is 125 Å². The number of hydrogen-bond donors (Lipinski definition) is 3. The van der Waals surface area contributed by atoms with E-state index in [1.807, 2.05) is 37.6 Å². The average molecular weight is 584 g/mol. The molecule has 2 atom stereocenters. The van der Waals surface area contributed by atoms with Crippen LogP contribution < -0.4 is 0 Å². The molecular formula is C29H37N5O4S2. The Morgan fingerprint density at radius 2 is 2.00 bits per heavy atom. The van der Waals surface area contributed by atoms with E-state index in [2.05, 4.69) is 28.3 Å². The molecule has 4 aromatic rings. The van der Waals surface area contributed by atoms with E-state index in [1.54, 1.807) is 47.8 Å². The lowest BCUT2D eigenvalue weighted by molar-refractivity contribution is -0.147. The summed E-state index contributed by atoms with van der Waals surface area (Å²) in [5.41, 5.74) is 4.11. The Kier molecular flexibility index (Phi) is 7.56. The Bertz CT molecular complexity index is 1580. The van der Waals surface area contributed by atoms with E-state index >= 15 is 0 Å². The van der Waals surface area contributed by atoms with Crippen LogP contribution in [0.25, 0.3) is 11.0 Å². The van der Waals surface area contributed by atoms with Crippen molar-refractivity contribution in [2.75, 3.05) is 6.54 Å². The van der Waals surface area contributed by atoms with Gasteiger partial charge in [0.2, 0.25) is 0 Å². The van der Waals surface area contributed by atoms with Gasteiger partial charge in [-0.2, -0.15) is 4.31 Å². The van der Waals surface area contributed by atoms with Gasteiger partial charge in [0.25, 0.3) is 0 Å². The van der Waals surface area contributed by atoms with Crippen molar-refractivity contribution in [3.05, 3.63) is 68.7 Å². The first-order valence-electron chi connectivity index (χ1n) is 13.5. The van der Waals surface area contributed by atoms with Gasteiger partial charge in [-0.3, -0.25) is 18.9 Å². The highest BCUT2D eigenvalue weighted by Crippen LogP contribution is 2.56. The van der Waals surface area contributed by atoms with Crippen molar-refractivity contribution in [1.82, 2.24) is 24.3 Å². The summed E-state index contributed by atoms with van der Waals surface area (Å²) in [7, 11) is -3.24. The van der Waals surface area contributed by atoms with Gasteiger partial charge in [0.15, 0.2) is 0 Å². The highest BCUT2D eigenvalue weighted by molar-refractivity contribution is 8.22. The highest BCUT2D eigenvalue weighted by atomic mass is 32.3. The first kappa shape index (κ1) is 28.7. The van der Waals surface area contributed by atoms with Crippen LogP contribution in [0.1, 0.15) is 65.8 Å². The van der Waals surface area contributed by atoms with Crippen LogP contribution in [0.2, 0.25) is 0 Å². The number of fused-ring (bicyclic) bond motifs is 2. The van der Waals surface area contributed by atoms with E-state index < -0.39 is 28.1 Å². The van der Waals surface area contributed by atoms with Crippen molar-refractivity contribution in [2.24, 2.45) is 11.3 Å². The molecule has 0 aliphatic carbocycles. The number of hydrogen-bond acceptors (Lipinski definition) is 8. The maximum Gasteiger partial charge on any atom is 0.310 e. The molecule has 3 aromatic heterocycles. The third-order valence-electron chi connectivity index (χ3n) is 8.10. The van der Waals surface area contributed by atoms with Gasteiger partial charge in [-0.15, -0.1) is 27.2 Å². The summed E-state index contributed by atoms with van der Waals surface area (Å²) in [6.45, 7) is 13.2. The number of pyridine rings is 1. The number of rotatable bonds is 7. The Morgan fingerprint density at radius 3 is 2.70 bits per heavy atom. The fraction of sp³-hybridized carbons (Fsp3) is 0.448. The van der Waals surface area contributed by atoms with Crippen molar-refractivity contribution in [1.29, 1.82) is 0 Å². The Hall–Kier alpha value is -2.83. The Morgan fingerprint density at radius 1 is 1.25 bits per heavy atom. The minimum Gasteiger partial charge on any atom is -0.481 e. The summed E-state index contributed by atoms with van der Waals surface area (Å²) in [5.74, 6) is -1.14. The van der Waals surface area contributed by atoms with E-state index in [0.29, 0.717) is 31.0 Å². The standard InChI is InChI=1S/C29H37N5O4S2/c1-7-34-23-11-10-21(18(3)27(23)31-32-34)26(29(5,6)28(35)36)24-14-20(19(4)39-24)16-33-15-17(2)13-22-25(40(33,37)38)9-8-12-30-22/h8-12,14,17,26,37-38H,7,13,15-16H2,1-6H3,(H,35,36). The number of nitrogens with zero attached hydrogens (tertiary/aromatic N) is 5. The normalized spacial score (nSPS) is 19.2. The molecule has 11 heteroatoms. The number of thiophene rings is 1. The second kappa shape index (κ2) is 10.5. The molecule has 0 saturated heterocycles. The third kappa shape index (κ3) is 4.83. The Balaban J connectivity index is 1.57. The van der Waals surface area contributed by atoms with E-state index in [-0.39, 0.29) is 5.92 Å². The first-order chi connectivity index (χ1) is 18.9. The van der Waals surface area contributed by atoms with Crippen LogP contribution in [0.4, 0.5) is 0 Å². The first-order valence-corrected chi connectivity index (χ1v) is 15.8. The van der Waals surface area contributed by atoms with Gasteiger partial charge >= 0.3 is 5.97 Å². The molecule has 0 spiro atoms. The van der Waals surface area contributed by atoms with Crippen LogP contribution in [-0.2, 0) is 24.3 Å². The predicted molar refractivity (Wildman–Crippen MR) is 159 cm³/mol. The second-order valence-corrected chi connectivity index (χ2v) is 14.6. The van der Waals surface area contributed by atoms with Crippen LogP contribution in [0.5, 0.6) is 0 Å². The zero-order valence-corrected chi connectivity index (χ0v) is 25.4. The van der Waals surface area contributed by atoms with Gasteiger partial charge < -0.3 is 5.11 Å². The molecule has 0 fully saturated rings. The largest absolute Gasteiger partial charge is 0.481 e. The van der Waals surface area contributed by atoms with Crippen molar-refractivity contribution in [3.63, 3.8) is 0 Å². The predicted octanol–water partition coefficient (Wildman–Crippen LogP) is 6.49. The van der Waals surface area contributed by atoms with Crippen LogP contribution in [0.15, 0.2) is 41.4 Å². The van der Waals surface area contributed by atoms with Crippen LogP contribution >= 0.6 is 22.1 Å². The molecular weight excluding hydrogens is 546 g/mol. The zero-order chi connectivity index (χ0) is 29.0. The second-order valence-electron chi connectivity index (χ2n) is 11.3. The molecule has 0 saturated carbocycles.